The molecular formula is C15H25NO2. The summed E-state index contributed by atoms with van der Waals surface area (Å²) in [4.78, 5) is 11.5. The minimum atomic E-state index is -0.0355. The Kier molecular flexibility index (Phi) is 8.02. The van der Waals surface area contributed by atoms with Gasteiger partial charge < -0.3 is 9.73 Å². The third kappa shape index (κ3) is 6.48. The fourth-order valence-corrected chi connectivity index (χ4v) is 1.96. The largest absolute Gasteiger partial charge is 0.472 e. The topological polar surface area (TPSA) is 42.2 Å². The van der Waals surface area contributed by atoms with E-state index < -0.39 is 0 Å². The number of rotatable bonds is 10. The molecule has 1 aromatic rings. The van der Waals surface area contributed by atoms with Crippen LogP contribution in [0.5, 0.6) is 0 Å². The van der Waals surface area contributed by atoms with E-state index in [-0.39, 0.29) is 5.91 Å². The number of nitrogens with one attached hydrogen (secondary N) is 1. The maximum absolute atomic E-state index is 11.5. The molecule has 0 atom stereocenters. The SMILES string of the molecule is CCCCCCCCCCNC(=O)c1ccoc1. The number of carbonyl (C=O) groups is 1. The normalized spacial score (nSPS) is 10.5. The van der Waals surface area contributed by atoms with Crippen molar-refractivity contribution < 1.29 is 9.21 Å². The van der Waals surface area contributed by atoms with Gasteiger partial charge in [-0.15, -0.1) is 0 Å². The monoisotopic (exact) mass is 251 g/mol. The lowest BCUT2D eigenvalue weighted by atomic mass is 10.1. The van der Waals surface area contributed by atoms with Crippen LogP contribution in [0.1, 0.15) is 68.6 Å². The van der Waals surface area contributed by atoms with Gasteiger partial charge in [0.15, 0.2) is 0 Å². The standard InChI is InChI=1S/C15H25NO2/c1-2-3-4-5-6-7-8-9-11-16-15(17)14-10-12-18-13-14/h10,12-13H,2-9,11H2,1H3,(H,16,17). The van der Waals surface area contributed by atoms with E-state index in [9.17, 15) is 4.79 Å². The Morgan fingerprint density at radius 1 is 1.11 bits per heavy atom. The van der Waals surface area contributed by atoms with Crippen LogP contribution in [-0.2, 0) is 0 Å². The zero-order valence-corrected chi connectivity index (χ0v) is 11.4. The Bertz CT molecular complexity index is 306. The first-order chi connectivity index (χ1) is 8.84. The molecule has 1 amide bonds. The number of unbranched alkanes of at least 4 members (excludes halogenated alkanes) is 7. The zero-order chi connectivity index (χ0) is 13.1. The maximum Gasteiger partial charge on any atom is 0.254 e. The Morgan fingerprint density at radius 2 is 1.78 bits per heavy atom. The van der Waals surface area contributed by atoms with Crippen LogP contribution in [0.4, 0.5) is 0 Å². The van der Waals surface area contributed by atoms with Gasteiger partial charge in [-0.3, -0.25) is 4.79 Å². The summed E-state index contributed by atoms with van der Waals surface area (Å²) in [7, 11) is 0. The fourth-order valence-electron chi connectivity index (χ4n) is 1.96. The Hall–Kier alpha value is -1.25. The molecule has 0 fully saturated rings. The van der Waals surface area contributed by atoms with Gasteiger partial charge in [0.25, 0.3) is 5.91 Å². The van der Waals surface area contributed by atoms with Crippen LogP contribution in [-0.4, -0.2) is 12.5 Å². The average Bonchev–Trinajstić information content (AvgIpc) is 2.90. The number of hydrogen-bond donors (Lipinski definition) is 1. The Morgan fingerprint density at radius 3 is 2.39 bits per heavy atom. The van der Waals surface area contributed by atoms with Crippen LogP contribution in [0, 0.1) is 0 Å². The molecule has 0 aliphatic rings. The molecule has 3 nitrogen and oxygen atoms in total. The van der Waals surface area contributed by atoms with Gasteiger partial charge in [-0.05, 0) is 12.5 Å². The van der Waals surface area contributed by atoms with E-state index in [1.165, 1.54) is 57.5 Å². The van der Waals surface area contributed by atoms with E-state index >= 15 is 0 Å². The third-order valence-corrected chi connectivity index (χ3v) is 3.10. The average molecular weight is 251 g/mol. The van der Waals surface area contributed by atoms with Gasteiger partial charge in [0.2, 0.25) is 0 Å². The molecule has 1 heterocycles. The molecule has 0 aromatic carbocycles. The van der Waals surface area contributed by atoms with Crippen LogP contribution >= 0.6 is 0 Å². The van der Waals surface area contributed by atoms with Crippen molar-refractivity contribution in [3.05, 3.63) is 24.2 Å². The van der Waals surface area contributed by atoms with E-state index in [2.05, 4.69) is 12.2 Å². The molecule has 102 valence electrons. The number of hydrogen-bond acceptors (Lipinski definition) is 2. The summed E-state index contributed by atoms with van der Waals surface area (Å²) in [5.41, 5.74) is 0.606. The lowest BCUT2D eigenvalue weighted by Gasteiger charge is -2.03. The van der Waals surface area contributed by atoms with E-state index in [1.54, 1.807) is 6.07 Å². The van der Waals surface area contributed by atoms with Crippen LogP contribution in [0.15, 0.2) is 23.0 Å². The van der Waals surface area contributed by atoms with Crippen molar-refractivity contribution in [1.29, 1.82) is 0 Å². The second kappa shape index (κ2) is 9.75. The van der Waals surface area contributed by atoms with Crippen molar-refractivity contribution >= 4 is 5.91 Å². The third-order valence-electron chi connectivity index (χ3n) is 3.10. The zero-order valence-electron chi connectivity index (χ0n) is 11.4. The van der Waals surface area contributed by atoms with E-state index in [1.807, 2.05) is 0 Å². The van der Waals surface area contributed by atoms with Gasteiger partial charge in [0, 0.05) is 6.54 Å². The van der Waals surface area contributed by atoms with E-state index in [0.29, 0.717) is 5.56 Å². The summed E-state index contributed by atoms with van der Waals surface area (Å²) in [5, 5.41) is 2.90. The lowest BCUT2D eigenvalue weighted by molar-refractivity contribution is 0.0952. The first kappa shape index (κ1) is 14.8. The Labute approximate surface area is 110 Å². The van der Waals surface area contributed by atoms with Gasteiger partial charge in [-0.2, -0.15) is 0 Å². The minimum absolute atomic E-state index is 0.0355. The summed E-state index contributed by atoms with van der Waals surface area (Å²) in [6, 6.07) is 1.68. The van der Waals surface area contributed by atoms with Crippen molar-refractivity contribution in [2.24, 2.45) is 0 Å². The first-order valence-electron chi connectivity index (χ1n) is 7.15. The molecule has 0 radical (unpaired) electrons. The smallest absolute Gasteiger partial charge is 0.254 e. The molecule has 1 rings (SSSR count). The molecule has 0 bridgehead atoms. The number of carbonyl (C=O) groups excluding carboxylic acids is 1. The molecule has 1 aromatic heterocycles. The predicted octanol–water partition coefficient (Wildman–Crippen LogP) is 4.15. The Balaban J connectivity index is 1.88. The van der Waals surface area contributed by atoms with Crippen molar-refractivity contribution in [2.75, 3.05) is 6.54 Å². The number of furan rings is 1. The molecule has 0 aliphatic heterocycles. The van der Waals surface area contributed by atoms with Gasteiger partial charge in [0.1, 0.15) is 6.26 Å². The second-order valence-electron chi connectivity index (χ2n) is 4.74. The summed E-state index contributed by atoms with van der Waals surface area (Å²) >= 11 is 0. The number of amides is 1. The molecule has 3 heteroatoms. The molecule has 18 heavy (non-hydrogen) atoms. The van der Waals surface area contributed by atoms with Crippen LogP contribution in [0.25, 0.3) is 0 Å². The fraction of sp³-hybridized carbons (Fsp3) is 0.667. The maximum atomic E-state index is 11.5. The van der Waals surface area contributed by atoms with Crippen LogP contribution in [0.3, 0.4) is 0 Å². The highest BCUT2D eigenvalue weighted by atomic mass is 16.3. The quantitative estimate of drug-likeness (QED) is 0.635. The van der Waals surface area contributed by atoms with Gasteiger partial charge in [0.05, 0.1) is 11.8 Å². The predicted molar refractivity (Wildman–Crippen MR) is 73.7 cm³/mol. The van der Waals surface area contributed by atoms with Crippen LogP contribution in [0.2, 0.25) is 0 Å². The van der Waals surface area contributed by atoms with Crippen molar-refractivity contribution in [3.63, 3.8) is 0 Å². The van der Waals surface area contributed by atoms with Crippen LogP contribution < -0.4 is 5.32 Å². The summed E-state index contributed by atoms with van der Waals surface area (Å²) in [6.45, 7) is 3.00. The molecular weight excluding hydrogens is 226 g/mol. The van der Waals surface area contributed by atoms with Gasteiger partial charge >= 0.3 is 0 Å². The molecule has 0 unspecified atom stereocenters. The van der Waals surface area contributed by atoms with Gasteiger partial charge in [-0.1, -0.05) is 51.9 Å². The summed E-state index contributed by atoms with van der Waals surface area (Å²) in [5.74, 6) is -0.0355. The highest BCUT2D eigenvalue weighted by Crippen LogP contribution is 2.08. The molecule has 0 aliphatic carbocycles. The molecule has 0 spiro atoms. The van der Waals surface area contributed by atoms with Crippen molar-refractivity contribution in [3.8, 4) is 0 Å². The molecule has 0 saturated heterocycles. The van der Waals surface area contributed by atoms with Gasteiger partial charge in [-0.25, -0.2) is 0 Å². The first-order valence-corrected chi connectivity index (χ1v) is 7.15. The second-order valence-corrected chi connectivity index (χ2v) is 4.74. The molecule has 1 N–H and O–H groups in total. The summed E-state index contributed by atoms with van der Waals surface area (Å²) < 4.78 is 4.87. The highest BCUT2D eigenvalue weighted by Gasteiger charge is 2.04. The molecule has 0 saturated carbocycles. The minimum Gasteiger partial charge on any atom is -0.472 e. The summed E-state index contributed by atoms with van der Waals surface area (Å²) in [6.07, 6.45) is 13.3. The van der Waals surface area contributed by atoms with E-state index in [4.69, 9.17) is 4.42 Å². The van der Waals surface area contributed by atoms with Crippen molar-refractivity contribution in [2.45, 2.75) is 58.3 Å². The van der Waals surface area contributed by atoms with Crippen molar-refractivity contribution in [1.82, 2.24) is 5.32 Å². The highest BCUT2D eigenvalue weighted by molar-refractivity contribution is 5.93. The van der Waals surface area contributed by atoms with E-state index in [0.717, 1.165) is 13.0 Å². The lowest BCUT2D eigenvalue weighted by Crippen LogP contribution is -2.23.